The SMILES string of the molecule is CNC(CCC(=O)O)C(=O)NCC(CCC(C)=O)C(C)=O. The van der Waals surface area contributed by atoms with Crippen LogP contribution in [0.3, 0.4) is 0 Å². The van der Waals surface area contributed by atoms with Gasteiger partial charge in [0.15, 0.2) is 0 Å². The molecule has 0 aliphatic rings. The third-order valence-corrected chi connectivity index (χ3v) is 3.25. The molecule has 7 nitrogen and oxygen atoms in total. The second-order valence-corrected chi connectivity index (χ2v) is 5.07. The van der Waals surface area contributed by atoms with Crippen molar-refractivity contribution in [2.75, 3.05) is 13.6 Å². The van der Waals surface area contributed by atoms with E-state index in [0.717, 1.165) is 0 Å². The van der Waals surface area contributed by atoms with Gasteiger partial charge in [-0.05, 0) is 33.7 Å². The molecule has 2 atom stereocenters. The number of carboxylic acids is 1. The maximum atomic E-state index is 11.9. The molecule has 0 heterocycles. The predicted molar refractivity (Wildman–Crippen MR) is 76.8 cm³/mol. The lowest BCUT2D eigenvalue weighted by Crippen LogP contribution is -2.45. The van der Waals surface area contributed by atoms with Gasteiger partial charge >= 0.3 is 5.97 Å². The zero-order valence-corrected chi connectivity index (χ0v) is 12.8. The molecule has 0 spiro atoms. The molecule has 0 saturated heterocycles. The lowest BCUT2D eigenvalue weighted by molar-refractivity contribution is -0.137. The van der Waals surface area contributed by atoms with E-state index in [2.05, 4.69) is 10.6 Å². The summed E-state index contributed by atoms with van der Waals surface area (Å²) < 4.78 is 0. The van der Waals surface area contributed by atoms with E-state index in [1.807, 2.05) is 0 Å². The number of amides is 1. The first-order chi connectivity index (χ1) is 9.77. The number of ketones is 2. The lowest BCUT2D eigenvalue weighted by atomic mass is 9.97. The Morgan fingerprint density at radius 3 is 2.10 bits per heavy atom. The molecule has 21 heavy (non-hydrogen) atoms. The Kier molecular flexibility index (Phi) is 9.20. The van der Waals surface area contributed by atoms with Crippen LogP contribution in [-0.2, 0) is 19.2 Å². The van der Waals surface area contributed by atoms with Gasteiger partial charge < -0.3 is 20.5 Å². The molecule has 7 heteroatoms. The Hall–Kier alpha value is -1.76. The fourth-order valence-electron chi connectivity index (χ4n) is 1.85. The van der Waals surface area contributed by atoms with Gasteiger partial charge in [0.2, 0.25) is 5.91 Å². The summed E-state index contributed by atoms with van der Waals surface area (Å²) in [5.74, 6) is -1.78. The minimum atomic E-state index is -0.967. The molecule has 1 amide bonds. The molecule has 0 fully saturated rings. The summed E-state index contributed by atoms with van der Waals surface area (Å²) in [5, 5.41) is 14.0. The first-order valence-electron chi connectivity index (χ1n) is 6.94. The topological polar surface area (TPSA) is 113 Å². The van der Waals surface area contributed by atoms with Crippen LogP contribution in [0.1, 0.15) is 39.5 Å². The van der Waals surface area contributed by atoms with Crippen LogP contribution in [0, 0.1) is 5.92 Å². The Morgan fingerprint density at radius 1 is 1.05 bits per heavy atom. The van der Waals surface area contributed by atoms with E-state index in [1.54, 1.807) is 7.05 Å². The maximum absolute atomic E-state index is 11.9. The normalized spacial score (nSPS) is 13.3. The first-order valence-corrected chi connectivity index (χ1v) is 6.94. The van der Waals surface area contributed by atoms with Crippen LogP contribution in [0.15, 0.2) is 0 Å². The van der Waals surface area contributed by atoms with E-state index < -0.39 is 17.9 Å². The summed E-state index contributed by atoms with van der Waals surface area (Å²) >= 11 is 0. The van der Waals surface area contributed by atoms with Crippen LogP contribution >= 0.6 is 0 Å². The van der Waals surface area contributed by atoms with Crippen molar-refractivity contribution in [3.8, 4) is 0 Å². The number of carbonyl (C=O) groups excluding carboxylic acids is 3. The highest BCUT2D eigenvalue weighted by molar-refractivity contribution is 5.84. The van der Waals surface area contributed by atoms with Crippen LogP contribution in [0.5, 0.6) is 0 Å². The zero-order valence-electron chi connectivity index (χ0n) is 12.8. The van der Waals surface area contributed by atoms with Crippen LogP contribution in [0.2, 0.25) is 0 Å². The van der Waals surface area contributed by atoms with Crippen molar-refractivity contribution in [1.29, 1.82) is 0 Å². The van der Waals surface area contributed by atoms with Crippen molar-refractivity contribution in [2.24, 2.45) is 5.92 Å². The van der Waals surface area contributed by atoms with Gasteiger partial charge in [0.1, 0.15) is 11.6 Å². The fraction of sp³-hybridized carbons (Fsp3) is 0.714. The zero-order chi connectivity index (χ0) is 16.4. The lowest BCUT2D eigenvalue weighted by Gasteiger charge is -2.18. The highest BCUT2D eigenvalue weighted by atomic mass is 16.4. The van der Waals surface area contributed by atoms with E-state index in [0.29, 0.717) is 12.8 Å². The Bertz CT molecular complexity index is 395. The van der Waals surface area contributed by atoms with Crippen molar-refractivity contribution in [3.05, 3.63) is 0 Å². The predicted octanol–water partition coefficient (Wildman–Crippen LogP) is 0.130. The molecule has 0 saturated carbocycles. The summed E-state index contributed by atoms with van der Waals surface area (Å²) in [6.07, 6.45) is 0.772. The number of carboxylic acid groups (broad SMARTS) is 1. The number of rotatable bonds is 11. The molecule has 0 aromatic carbocycles. The van der Waals surface area contributed by atoms with Crippen molar-refractivity contribution < 1.29 is 24.3 Å². The largest absolute Gasteiger partial charge is 0.481 e. The van der Waals surface area contributed by atoms with E-state index in [9.17, 15) is 19.2 Å². The molecule has 2 unspecified atom stereocenters. The quantitative estimate of drug-likeness (QED) is 0.500. The van der Waals surface area contributed by atoms with Gasteiger partial charge in [-0.3, -0.25) is 14.4 Å². The summed E-state index contributed by atoms with van der Waals surface area (Å²) in [6, 6.07) is -0.610. The van der Waals surface area contributed by atoms with Crippen molar-refractivity contribution in [2.45, 2.75) is 45.6 Å². The summed E-state index contributed by atoms with van der Waals surface area (Å²) in [4.78, 5) is 44.8. The van der Waals surface area contributed by atoms with Gasteiger partial charge in [-0.2, -0.15) is 0 Å². The molecule has 3 N–H and O–H groups in total. The fourth-order valence-corrected chi connectivity index (χ4v) is 1.85. The van der Waals surface area contributed by atoms with E-state index in [-0.39, 0.29) is 36.9 Å². The Morgan fingerprint density at radius 2 is 1.67 bits per heavy atom. The third-order valence-electron chi connectivity index (χ3n) is 3.25. The van der Waals surface area contributed by atoms with E-state index in [4.69, 9.17) is 5.11 Å². The summed E-state index contributed by atoms with van der Waals surface area (Å²) in [7, 11) is 1.57. The van der Waals surface area contributed by atoms with Gasteiger partial charge in [-0.25, -0.2) is 0 Å². The number of hydrogen-bond donors (Lipinski definition) is 3. The van der Waals surface area contributed by atoms with Crippen LogP contribution in [0.25, 0.3) is 0 Å². The van der Waals surface area contributed by atoms with Crippen LogP contribution < -0.4 is 10.6 Å². The van der Waals surface area contributed by atoms with E-state index in [1.165, 1.54) is 13.8 Å². The number of hydrogen-bond acceptors (Lipinski definition) is 5. The Balaban J connectivity index is 4.35. The second kappa shape index (κ2) is 10.0. The summed E-state index contributed by atoms with van der Waals surface area (Å²) in [5.41, 5.74) is 0. The van der Waals surface area contributed by atoms with Crippen LogP contribution in [0.4, 0.5) is 0 Å². The number of Topliss-reactive ketones (excluding diaryl/α,β-unsaturated/α-hetero) is 2. The highest BCUT2D eigenvalue weighted by Crippen LogP contribution is 2.08. The van der Waals surface area contributed by atoms with Crippen LogP contribution in [-0.4, -0.2) is 48.2 Å². The minimum absolute atomic E-state index is 0.00198. The van der Waals surface area contributed by atoms with Gasteiger partial charge in [0, 0.05) is 25.3 Å². The van der Waals surface area contributed by atoms with Gasteiger partial charge in [0.25, 0.3) is 0 Å². The third kappa shape index (κ3) is 8.91. The van der Waals surface area contributed by atoms with Crippen molar-refractivity contribution in [3.63, 3.8) is 0 Å². The molecule has 0 rings (SSSR count). The molecular formula is C14H24N2O5. The number of nitrogens with one attached hydrogen (secondary N) is 2. The van der Waals surface area contributed by atoms with Crippen molar-refractivity contribution in [1.82, 2.24) is 10.6 Å². The van der Waals surface area contributed by atoms with Crippen molar-refractivity contribution >= 4 is 23.4 Å². The summed E-state index contributed by atoms with van der Waals surface area (Å²) in [6.45, 7) is 3.04. The highest BCUT2D eigenvalue weighted by Gasteiger charge is 2.20. The number of aliphatic carboxylic acids is 1. The monoisotopic (exact) mass is 300 g/mol. The van der Waals surface area contributed by atoms with Gasteiger partial charge in [0.05, 0.1) is 6.04 Å². The molecule has 0 bridgehead atoms. The van der Waals surface area contributed by atoms with Gasteiger partial charge in [-0.1, -0.05) is 0 Å². The molecule has 0 aromatic rings. The first kappa shape index (κ1) is 19.2. The van der Waals surface area contributed by atoms with E-state index >= 15 is 0 Å². The smallest absolute Gasteiger partial charge is 0.303 e. The average molecular weight is 300 g/mol. The molecule has 0 aliphatic carbocycles. The second-order valence-electron chi connectivity index (χ2n) is 5.07. The number of likely N-dealkylation sites (N-methyl/N-ethyl adjacent to an activating group) is 1. The molecule has 120 valence electrons. The number of carbonyl (C=O) groups is 4. The molecule has 0 aliphatic heterocycles. The molecule has 0 radical (unpaired) electrons. The average Bonchev–Trinajstić information content (AvgIpc) is 2.38. The maximum Gasteiger partial charge on any atom is 0.303 e. The molecular weight excluding hydrogens is 276 g/mol. The Labute approximate surface area is 124 Å². The minimum Gasteiger partial charge on any atom is -0.481 e. The standard InChI is InChI=1S/C14H24N2O5/c1-9(17)4-5-11(10(2)18)8-16-14(21)12(15-3)6-7-13(19)20/h11-12,15H,4-8H2,1-3H3,(H,16,21)(H,19,20). The van der Waals surface area contributed by atoms with Gasteiger partial charge in [-0.15, -0.1) is 0 Å². The molecule has 0 aromatic heterocycles.